The minimum Gasteiger partial charge on any atom is -0.326 e. The van der Waals surface area contributed by atoms with E-state index in [1.165, 1.54) is 0 Å². The number of carbonyl (C=O) groups is 1. The molecule has 0 bridgehead atoms. The quantitative estimate of drug-likeness (QED) is 0.814. The van der Waals surface area contributed by atoms with Crippen molar-refractivity contribution >= 4 is 27.5 Å². The van der Waals surface area contributed by atoms with E-state index in [2.05, 4.69) is 28.2 Å². The highest BCUT2D eigenvalue weighted by Gasteiger charge is 2.03. The second-order valence-corrected chi connectivity index (χ2v) is 5.15. The number of halogens is 1. The molecule has 82 valence electrons. The average Bonchev–Trinajstić information content (AvgIpc) is 2.18. The Balaban J connectivity index is 2.25. The normalized spacial score (nSPS) is 12.1. The summed E-state index contributed by atoms with van der Waals surface area (Å²) in [6.45, 7) is 2.09. The lowest BCUT2D eigenvalue weighted by Crippen LogP contribution is -2.11. The van der Waals surface area contributed by atoms with E-state index in [4.69, 9.17) is 0 Å². The maximum atomic E-state index is 11.5. The fraction of sp³-hybridized carbons (Fsp3) is 0.417. The van der Waals surface area contributed by atoms with Crippen molar-refractivity contribution in [3.05, 3.63) is 30.3 Å². The van der Waals surface area contributed by atoms with Crippen molar-refractivity contribution in [1.29, 1.82) is 0 Å². The Morgan fingerprint density at radius 2 is 2.07 bits per heavy atom. The molecule has 0 radical (unpaired) electrons. The van der Waals surface area contributed by atoms with Crippen LogP contribution in [0.4, 0.5) is 5.69 Å². The number of rotatable bonds is 5. The lowest BCUT2D eigenvalue weighted by atomic mass is 10.2. The van der Waals surface area contributed by atoms with Crippen LogP contribution >= 0.6 is 15.9 Å². The van der Waals surface area contributed by atoms with Crippen LogP contribution < -0.4 is 5.32 Å². The van der Waals surface area contributed by atoms with Crippen LogP contribution in [-0.2, 0) is 4.79 Å². The molecule has 1 atom stereocenters. The molecule has 1 aromatic rings. The van der Waals surface area contributed by atoms with Gasteiger partial charge in [-0.2, -0.15) is 0 Å². The monoisotopic (exact) mass is 269 g/mol. The number of hydrogen-bond donors (Lipinski definition) is 1. The average molecular weight is 270 g/mol. The van der Waals surface area contributed by atoms with Gasteiger partial charge < -0.3 is 5.32 Å². The van der Waals surface area contributed by atoms with E-state index in [1.807, 2.05) is 30.3 Å². The first-order valence-corrected chi connectivity index (χ1v) is 6.09. The first-order chi connectivity index (χ1) is 7.18. The predicted octanol–water partition coefficient (Wildman–Crippen LogP) is 3.58. The second kappa shape index (κ2) is 6.62. The summed E-state index contributed by atoms with van der Waals surface area (Å²) in [4.78, 5) is 12.0. The smallest absolute Gasteiger partial charge is 0.224 e. The molecule has 1 aromatic carbocycles. The summed E-state index contributed by atoms with van der Waals surface area (Å²) in [5.41, 5.74) is 0.870. The Hall–Kier alpha value is -0.830. The summed E-state index contributed by atoms with van der Waals surface area (Å²) < 4.78 is 0. The third-order valence-corrected chi connectivity index (χ3v) is 2.52. The topological polar surface area (TPSA) is 29.1 Å². The summed E-state index contributed by atoms with van der Waals surface area (Å²) in [6.07, 6.45) is 2.54. The molecular formula is C12H16BrNO. The van der Waals surface area contributed by atoms with Crippen LogP contribution in [0.5, 0.6) is 0 Å². The Morgan fingerprint density at radius 3 is 2.67 bits per heavy atom. The molecule has 0 saturated heterocycles. The highest BCUT2D eigenvalue weighted by atomic mass is 79.9. The van der Waals surface area contributed by atoms with Crippen LogP contribution in [0.15, 0.2) is 30.3 Å². The van der Waals surface area contributed by atoms with Crippen molar-refractivity contribution < 1.29 is 4.79 Å². The number of amides is 1. The highest BCUT2D eigenvalue weighted by Crippen LogP contribution is 2.10. The van der Waals surface area contributed by atoms with Crippen LogP contribution in [0.25, 0.3) is 0 Å². The zero-order valence-corrected chi connectivity index (χ0v) is 10.5. The van der Waals surface area contributed by atoms with Crippen LogP contribution in [-0.4, -0.2) is 10.7 Å². The van der Waals surface area contributed by atoms with Crippen molar-refractivity contribution in [3.8, 4) is 0 Å². The summed E-state index contributed by atoms with van der Waals surface area (Å²) in [7, 11) is 0. The third-order valence-electron chi connectivity index (χ3n) is 2.06. The minimum absolute atomic E-state index is 0.0920. The van der Waals surface area contributed by atoms with Crippen LogP contribution in [0, 0.1) is 0 Å². The Kier molecular flexibility index (Phi) is 5.40. The van der Waals surface area contributed by atoms with Gasteiger partial charge >= 0.3 is 0 Å². The van der Waals surface area contributed by atoms with Crippen molar-refractivity contribution in [3.63, 3.8) is 0 Å². The molecule has 2 nitrogen and oxygen atoms in total. The van der Waals surface area contributed by atoms with Crippen molar-refractivity contribution in [1.82, 2.24) is 0 Å². The van der Waals surface area contributed by atoms with E-state index in [1.54, 1.807) is 0 Å². The Labute approximate surface area is 99.2 Å². The molecule has 0 aromatic heterocycles. The molecule has 0 aliphatic rings. The van der Waals surface area contributed by atoms with Crippen molar-refractivity contribution in [2.45, 2.75) is 31.0 Å². The summed E-state index contributed by atoms with van der Waals surface area (Å²) in [5, 5.41) is 2.86. The number of nitrogens with one attached hydrogen (secondary N) is 1. The molecule has 1 N–H and O–H groups in total. The number of alkyl halides is 1. The van der Waals surface area contributed by atoms with Crippen LogP contribution in [0.3, 0.4) is 0 Å². The molecule has 3 heteroatoms. The molecule has 1 amide bonds. The molecule has 0 heterocycles. The van der Waals surface area contributed by atoms with E-state index in [-0.39, 0.29) is 5.91 Å². The molecule has 15 heavy (non-hydrogen) atoms. The molecule has 0 aliphatic carbocycles. The van der Waals surface area contributed by atoms with Gasteiger partial charge in [-0.25, -0.2) is 0 Å². The van der Waals surface area contributed by atoms with Gasteiger partial charge in [0.05, 0.1) is 0 Å². The van der Waals surface area contributed by atoms with E-state index in [0.29, 0.717) is 11.2 Å². The first kappa shape index (κ1) is 12.2. The van der Waals surface area contributed by atoms with Gasteiger partial charge in [0.25, 0.3) is 0 Å². The number of hydrogen-bond acceptors (Lipinski definition) is 1. The van der Waals surface area contributed by atoms with Gasteiger partial charge in [-0.1, -0.05) is 41.1 Å². The largest absolute Gasteiger partial charge is 0.326 e. The minimum atomic E-state index is 0.0920. The molecule has 1 unspecified atom stereocenters. The molecule has 1 rings (SSSR count). The lowest BCUT2D eigenvalue weighted by molar-refractivity contribution is -0.116. The van der Waals surface area contributed by atoms with Gasteiger partial charge in [-0.3, -0.25) is 4.79 Å². The van der Waals surface area contributed by atoms with E-state index in [9.17, 15) is 4.79 Å². The number of benzene rings is 1. The van der Waals surface area contributed by atoms with Gasteiger partial charge in [-0.05, 0) is 25.0 Å². The highest BCUT2D eigenvalue weighted by molar-refractivity contribution is 9.09. The molecule has 0 saturated carbocycles. The maximum absolute atomic E-state index is 11.5. The summed E-state index contributed by atoms with van der Waals surface area (Å²) in [6, 6.07) is 9.55. The summed E-state index contributed by atoms with van der Waals surface area (Å²) in [5.74, 6) is 0.0920. The number of anilines is 1. The Morgan fingerprint density at radius 1 is 1.40 bits per heavy atom. The predicted molar refractivity (Wildman–Crippen MR) is 67.3 cm³/mol. The summed E-state index contributed by atoms with van der Waals surface area (Å²) >= 11 is 3.46. The Bertz CT molecular complexity index is 298. The lowest BCUT2D eigenvalue weighted by Gasteiger charge is -2.05. The van der Waals surface area contributed by atoms with Crippen LogP contribution in [0.2, 0.25) is 0 Å². The first-order valence-electron chi connectivity index (χ1n) is 5.17. The fourth-order valence-corrected chi connectivity index (χ4v) is 1.61. The number of para-hydroxylation sites is 1. The van der Waals surface area contributed by atoms with Gasteiger partial charge in [0.15, 0.2) is 0 Å². The van der Waals surface area contributed by atoms with Gasteiger partial charge in [0, 0.05) is 16.9 Å². The SMILES string of the molecule is CC(Br)CCCC(=O)Nc1ccccc1. The van der Waals surface area contributed by atoms with Crippen molar-refractivity contribution in [2.75, 3.05) is 5.32 Å². The maximum Gasteiger partial charge on any atom is 0.224 e. The van der Waals surface area contributed by atoms with Gasteiger partial charge in [0.1, 0.15) is 0 Å². The van der Waals surface area contributed by atoms with Gasteiger partial charge in [-0.15, -0.1) is 0 Å². The van der Waals surface area contributed by atoms with Gasteiger partial charge in [0.2, 0.25) is 5.91 Å². The fourth-order valence-electron chi connectivity index (χ4n) is 1.29. The molecular weight excluding hydrogens is 254 g/mol. The number of carbonyl (C=O) groups excluding carboxylic acids is 1. The third kappa shape index (κ3) is 5.57. The van der Waals surface area contributed by atoms with Crippen LogP contribution in [0.1, 0.15) is 26.2 Å². The molecule has 0 fully saturated rings. The standard InChI is InChI=1S/C12H16BrNO/c1-10(13)6-5-9-12(15)14-11-7-3-2-4-8-11/h2-4,7-8,10H,5-6,9H2,1H3,(H,14,15). The second-order valence-electron chi connectivity index (χ2n) is 3.59. The molecule has 0 spiro atoms. The van der Waals surface area contributed by atoms with E-state index < -0.39 is 0 Å². The molecule has 0 aliphatic heterocycles. The zero-order chi connectivity index (χ0) is 11.1. The van der Waals surface area contributed by atoms with E-state index in [0.717, 1.165) is 18.5 Å². The zero-order valence-electron chi connectivity index (χ0n) is 8.87. The van der Waals surface area contributed by atoms with E-state index >= 15 is 0 Å². The van der Waals surface area contributed by atoms with Crippen molar-refractivity contribution in [2.24, 2.45) is 0 Å².